The molecule has 0 aliphatic carbocycles. The molecular formula is C12H24N2O3. The van der Waals surface area contributed by atoms with E-state index in [0.29, 0.717) is 19.6 Å². The van der Waals surface area contributed by atoms with E-state index in [9.17, 15) is 9.59 Å². The summed E-state index contributed by atoms with van der Waals surface area (Å²) in [6.45, 7) is 6.20. The van der Waals surface area contributed by atoms with Crippen LogP contribution in [0.4, 0.5) is 0 Å². The van der Waals surface area contributed by atoms with E-state index in [2.05, 4.69) is 12.2 Å². The fourth-order valence-corrected chi connectivity index (χ4v) is 1.56. The quantitative estimate of drug-likeness (QED) is 0.609. The smallest absolute Gasteiger partial charge is 0.320 e. The predicted molar refractivity (Wildman–Crippen MR) is 66.7 cm³/mol. The van der Waals surface area contributed by atoms with Crippen molar-refractivity contribution in [2.45, 2.75) is 33.1 Å². The molecule has 0 aromatic carbocycles. The van der Waals surface area contributed by atoms with Crippen LogP contribution in [-0.4, -0.2) is 50.1 Å². The van der Waals surface area contributed by atoms with Gasteiger partial charge in [-0.05, 0) is 32.9 Å². The van der Waals surface area contributed by atoms with Gasteiger partial charge in [0.15, 0.2) is 0 Å². The monoisotopic (exact) mass is 244 g/mol. The van der Waals surface area contributed by atoms with Crippen molar-refractivity contribution in [3.8, 4) is 0 Å². The number of ether oxygens (including phenoxy) is 1. The second kappa shape index (κ2) is 10.1. The molecule has 0 aromatic rings. The molecule has 0 saturated carbocycles. The lowest BCUT2D eigenvalue weighted by Crippen LogP contribution is -2.33. The molecule has 0 heterocycles. The van der Waals surface area contributed by atoms with Crippen LogP contribution < -0.4 is 5.32 Å². The molecule has 0 bridgehead atoms. The molecule has 0 aromatic heterocycles. The Morgan fingerprint density at radius 1 is 1.24 bits per heavy atom. The van der Waals surface area contributed by atoms with E-state index in [1.807, 2.05) is 4.90 Å². The van der Waals surface area contributed by atoms with Gasteiger partial charge in [-0.1, -0.05) is 6.92 Å². The summed E-state index contributed by atoms with van der Waals surface area (Å²) in [5, 5.41) is 2.58. The molecule has 5 nitrogen and oxygen atoms in total. The highest BCUT2D eigenvalue weighted by Gasteiger charge is 2.10. The Hall–Kier alpha value is -1.10. The summed E-state index contributed by atoms with van der Waals surface area (Å²) in [4.78, 5) is 24.4. The molecule has 17 heavy (non-hydrogen) atoms. The number of carbonyl (C=O) groups is 2. The maximum absolute atomic E-state index is 11.3. The molecule has 0 spiro atoms. The lowest BCUT2D eigenvalue weighted by Gasteiger charge is -2.20. The number of nitrogens with one attached hydrogen (secondary N) is 1. The predicted octanol–water partition coefficient (Wildman–Crippen LogP) is 0.788. The Balaban J connectivity index is 3.89. The van der Waals surface area contributed by atoms with E-state index in [0.717, 1.165) is 25.9 Å². The highest BCUT2D eigenvalue weighted by Crippen LogP contribution is 1.98. The summed E-state index contributed by atoms with van der Waals surface area (Å²) in [5.41, 5.74) is 0. The zero-order valence-corrected chi connectivity index (χ0v) is 11.1. The molecule has 1 amide bonds. The number of rotatable bonds is 9. The number of nitrogens with zero attached hydrogens (tertiary/aromatic N) is 1. The normalized spacial score (nSPS) is 10.4. The molecule has 0 fully saturated rings. The summed E-state index contributed by atoms with van der Waals surface area (Å²) in [6, 6.07) is 0. The van der Waals surface area contributed by atoms with Gasteiger partial charge in [0.1, 0.15) is 0 Å². The minimum atomic E-state index is -0.194. The van der Waals surface area contributed by atoms with Crippen molar-refractivity contribution >= 4 is 11.9 Å². The maximum Gasteiger partial charge on any atom is 0.320 e. The van der Waals surface area contributed by atoms with Gasteiger partial charge in [-0.3, -0.25) is 14.5 Å². The van der Waals surface area contributed by atoms with Gasteiger partial charge < -0.3 is 10.1 Å². The Kier molecular flexibility index (Phi) is 9.43. The van der Waals surface area contributed by atoms with Gasteiger partial charge in [0.05, 0.1) is 13.2 Å². The SMILES string of the molecule is CCCN(CCCC(=O)NC)CC(=O)OCC. The van der Waals surface area contributed by atoms with Crippen LogP contribution in [0.25, 0.3) is 0 Å². The highest BCUT2D eigenvalue weighted by molar-refractivity contribution is 5.75. The van der Waals surface area contributed by atoms with Crippen LogP contribution in [0.1, 0.15) is 33.1 Å². The average Bonchev–Trinajstić information content (AvgIpc) is 2.29. The second-order valence-electron chi connectivity index (χ2n) is 3.86. The molecular weight excluding hydrogens is 220 g/mol. The van der Waals surface area contributed by atoms with E-state index >= 15 is 0 Å². The highest BCUT2D eigenvalue weighted by atomic mass is 16.5. The van der Waals surface area contributed by atoms with Gasteiger partial charge in [0, 0.05) is 13.5 Å². The number of hydrogen-bond donors (Lipinski definition) is 1. The first-order chi connectivity index (χ1) is 8.13. The lowest BCUT2D eigenvalue weighted by atomic mass is 10.2. The van der Waals surface area contributed by atoms with E-state index in [1.165, 1.54) is 0 Å². The molecule has 0 unspecified atom stereocenters. The van der Waals surface area contributed by atoms with Gasteiger partial charge in [0.2, 0.25) is 5.91 Å². The van der Waals surface area contributed by atoms with E-state index in [4.69, 9.17) is 4.74 Å². The van der Waals surface area contributed by atoms with E-state index in [1.54, 1.807) is 14.0 Å². The van der Waals surface area contributed by atoms with Crippen molar-refractivity contribution < 1.29 is 14.3 Å². The average molecular weight is 244 g/mol. The van der Waals surface area contributed by atoms with Crippen LogP contribution in [0.3, 0.4) is 0 Å². The molecule has 0 rings (SSSR count). The van der Waals surface area contributed by atoms with Gasteiger partial charge >= 0.3 is 5.97 Å². The number of esters is 1. The van der Waals surface area contributed by atoms with Crippen molar-refractivity contribution in [2.24, 2.45) is 0 Å². The molecule has 0 saturated heterocycles. The summed E-state index contributed by atoms with van der Waals surface area (Å²) in [7, 11) is 1.63. The lowest BCUT2D eigenvalue weighted by molar-refractivity contribution is -0.144. The third kappa shape index (κ3) is 8.68. The first kappa shape index (κ1) is 15.9. The summed E-state index contributed by atoms with van der Waals surface area (Å²) in [6.07, 6.45) is 2.25. The van der Waals surface area contributed by atoms with Gasteiger partial charge in [-0.25, -0.2) is 0 Å². The first-order valence-electron chi connectivity index (χ1n) is 6.22. The topological polar surface area (TPSA) is 58.6 Å². The van der Waals surface area contributed by atoms with Crippen LogP contribution in [0.2, 0.25) is 0 Å². The first-order valence-corrected chi connectivity index (χ1v) is 6.22. The zero-order chi connectivity index (χ0) is 13.1. The third-order valence-corrected chi connectivity index (χ3v) is 2.35. The van der Waals surface area contributed by atoms with Crippen molar-refractivity contribution in [3.63, 3.8) is 0 Å². The second-order valence-corrected chi connectivity index (χ2v) is 3.86. The van der Waals surface area contributed by atoms with Gasteiger partial charge in [-0.15, -0.1) is 0 Å². The Morgan fingerprint density at radius 2 is 1.94 bits per heavy atom. The maximum atomic E-state index is 11.3. The molecule has 0 atom stereocenters. The van der Waals surface area contributed by atoms with Crippen molar-refractivity contribution in [2.75, 3.05) is 33.3 Å². The van der Waals surface area contributed by atoms with Crippen LogP contribution in [0.15, 0.2) is 0 Å². The largest absolute Gasteiger partial charge is 0.465 e. The van der Waals surface area contributed by atoms with Gasteiger partial charge in [0.25, 0.3) is 0 Å². The van der Waals surface area contributed by atoms with Gasteiger partial charge in [-0.2, -0.15) is 0 Å². The standard InChI is InChI=1S/C12H24N2O3/c1-4-8-14(10-12(16)17-5-2)9-6-7-11(15)13-3/h4-10H2,1-3H3,(H,13,15). The fourth-order valence-electron chi connectivity index (χ4n) is 1.56. The van der Waals surface area contributed by atoms with Crippen molar-refractivity contribution in [1.29, 1.82) is 0 Å². The number of amides is 1. The number of hydrogen-bond acceptors (Lipinski definition) is 4. The van der Waals surface area contributed by atoms with Crippen LogP contribution >= 0.6 is 0 Å². The Labute approximate surface area is 103 Å². The number of carbonyl (C=O) groups excluding carboxylic acids is 2. The zero-order valence-electron chi connectivity index (χ0n) is 11.1. The summed E-state index contributed by atoms with van der Waals surface area (Å²) in [5.74, 6) is -0.154. The molecule has 0 aliphatic heterocycles. The van der Waals surface area contributed by atoms with Crippen LogP contribution in [-0.2, 0) is 14.3 Å². The molecule has 0 aliphatic rings. The van der Waals surface area contributed by atoms with E-state index < -0.39 is 0 Å². The summed E-state index contributed by atoms with van der Waals surface area (Å²) < 4.78 is 4.91. The summed E-state index contributed by atoms with van der Waals surface area (Å²) >= 11 is 0. The van der Waals surface area contributed by atoms with Crippen molar-refractivity contribution in [1.82, 2.24) is 10.2 Å². The van der Waals surface area contributed by atoms with Crippen molar-refractivity contribution in [3.05, 3.63) is 0 Å². The minimum Gasteiger partial charge on any atom is -0.465 e. The fraction of sp³-hybridized carbons (Fsp3) is 0.833. The Bertz CT molecular complexity index is 232. The third-order valence-electron chi connectivity index (χ3n) is 2.35. The molecule has 0 radical (unpaired) electrons. The molecule has 1 N–H and O–H groups in total. The van der Waals surface area contributed by atoms with Crippen LogP contribution in [0, 0.1) is 0 Å². The molecule has 100 valence electrons. The van der Waals surface area contributed by atoms with E-state index in [-0.39, 0.29) is 11.9 Å². The molecule has 5 heteroatoms. The van der Waals surface area contributed by atoms with Crippen LogP contribution in [0.5, 0.6) is 0 Å². The minimum absolute atomic E-state index is 0.0394. The Morgan fingerprint density at radius 3 is 2.47 bits per heavy atom.